The van der Waals surface area contributed by atoms with E-state index in [1.54, 1.807) is 6.21 Å². The number of rotatable bonds is 5. The number of likely N-dealkylation sites (tertiary alicyclic amines) is 1. The minimum Gasteiger partial charge on any atom is -0.772 e. The Bertz CT molecular complexity index is 531. The summed E-state index contributed by atoms with van der Waals surface area (Å²) in [5, 5.41) is -0.286. The molecule has 1 saturated heterocycles. The highest BCUT2D eigenvalue weighted by molar-refractivity contribution is 7.79. The molecule has 0 radical (unpaired) electrons. The van der Waals surface area contributed by atoms with E-state index in [0.29, 0.717) is 44.0 Å². The Hall–Kier alpha value is -1.21. The molecule has 0 aromatic rings. The lowest BCUT2D eigenvalue weighted by atomic mass is 10.1. The Labute approximate surface area is 126 Å². The number of piperidine rings is 1. The van der Waals surface area contributed by atoms with E-state index in [-0.39, 0.29) is 16.6 Å². The van der Waals surface area contributed by atoms with E-state index >= 15 is 0 Å². The zero-order chi connectivity index (χ0) is 15.0. The molecule has 1 unspecified atom stereocenters. The predicted molar refractivity (Wildman–Crippen MR) is 77.3 cm³/mol. The van der Waals surface area contributed by atoms with Crippen molar-refractivity contribution in [3.63, 3.8) is 0 Å². The van der Waals surface area contributed by atoms with Crippen LogP contribution >= 0.6 is 0 Å². The summed E-state index contributed by atoms with van der Waals surface area (Å²) in [6, 6.07) is 0. The highest BCUT2D eigenvalue weighted by Gasteiger charge is 2.39. The van der Waals surface area contributed by atoms with Crippen LogP contribution in [-0.4, -0.2) is 50.7 Å². The van der Waals surface area contributed by atoms with E-state index in [9.17, 15) is 13.6 Å². The van der Waals surface area contributed by atoms with Crippen molar-refractivity contribution >= 4 is 23.2 Å². The van der Waals surface area contributed by atoms with Gasteiger partial charge in [-0.2, -0.15) is 0 Å². The molecule has 2 aliphatic heterocycles. The first-order chi connectivity index (χ1) is 9.98. The molecule has 1 amide bonds. The van der Waals surface area contributed by atoms with Crippen LogP contribution in [-0.2, 0) is 20.6 Å². The summed E-state index contributed by atoms with van der Waals surface area (Å²) < 4.78 is 27.7. The predicted octanol–water partition coefficient (Wildman–Crippen LogP) is 0.969. The molecular weight excluding hydrogens is 292 g/mol. The normalized spacial score (nSPS) is 26.4. The highest BCUT2D eigenvalue weighted by Crippen LogP contribution is 2.45. The molecule has 1 aliphatic carbocycles. The molecule has 3 rings (SSSR count). The number of amides is 1. The van der Waals surface area contributed by atoms with Crippen LogP contribution in [0, 0.1) is 5.41 Å². The Morgan fingerprint density at radius 1 is 1.48 bits per heavy atom. The van der Waals surface area contributed by atoms with E-state index in [1.807, 2.05) is 4.90 Å². The van der Waals surface area contributed by atoms with Gasteiger partial charge < -0.3 is 14.2 Å². The molecule has 3 aliphatic rings. The number of ether oxygens (including phenoxy) is 1. The van der Waals surface area contributed by atoms with Crippen molar-refractivity contribution in [3.8, 4) is 0 Å². The fourth-order valence-corrected chi connectivity index (χ4v) is 3.20. The van der Waals surface area contributed by atoms with Gasteiger partial charge in [-0.1, -0.05) is 18.0 Å². The fourth-order valence-electron chi connectivity index (χ4n) is 2.60. The quantitative estimate of drug-likeness (QED) is 0.707. The summed E-state index contributed by atoms with van der Waals surface area (Å²) in [6.07, 6.45) is 4.96. The van der Waals surface area contributed by atoms with Crippen molar-refractivity contribution in [2.24, 2.45) is 10.4 Å². The first kappa shape index (κ1) is 14.7. The molecule has 7 heteroatoms. The van der Waals surface area contributed by atoms with Crippen LogP contribution in [0.4, 0.5) is 0 Å². The first-order valence-electron chi connectivity index (χ1n) is 7.27. The highest BCUT2D eigenvalue weighted by atomic mass is 32.2. The largest absolute Gasteiger partial charge is 0.772 e. The summed E-state index contributed by atoms with van der Waals surface area (Å²) >= 11 is -2.02. The van der Waals surface area contributed by atoms with Crippen molar-refractivity contribution in [3.05, 3.63) is 11.5 Å². The van der Waals surface area contributed by atoms with Crippen LogP contribution in [0.1, 0.15) is 32.6 Å². The molecule has 6 nitrogen and oxygen atoms in total. The van der Waals surface area contributed by atoms with Crippen molar-refractivity contribution in [2.75, 3.05) is 19.7 Å². The molecule has 0 bridgehead atoms. The zero-order valence-corrected chi connectivity index (χ0v) is 12.9. The van der Waals surface area contributed by atoms with Crippen molar-refractivity contribution in [2.45, 2.75) is 37.9 Å². The van der Waals surface area contributed by atoms with E-state index in [1.165, 1.54) is 0 Å². The van der Waals surface area contributed by atoms with Gasteiger partial charge >= 0.3 is 5.91 Å². The number of carbonyl (C=O) groups excluding carboxylic acids is 1. The van der Waals surface area contributed by atoms with Crippen LogP contribution in [0.3, 0.4) is 0 Å². The Morgan fingerprint density at radius 3 is 2.71 bits per heavy atom. The summed E-state index contributed by atoms with van der Waals surface area (Å²) in [5.74, 6) is -0.00593. The minimum atomic E-state index is -2.02. The van der Waals surface area contributed by atoms with Crippen molar-refractivity contribution in [1.82, 2.24) is 4.90 Å². The second-order valence-corrected chi connectivity index (χ2v) is 7.51. The lowest BCUT2D eigenvalue weighted by Crippen LogP contribution is -2.37. The van der Waals surface area contributed by atoms with Gasteiger partial charge in [-0.15, -0.1) is 0 Å². The third-order valence-electron chi connectivity index (χ3n) is 4.45. The van der Waals surface area contributed by atoms with E-state index in [4.69, 9.17) is 4.74 Å². The topological polar surface area (TPSA) is 82.0 Å². The number of aliphatic imine (C=N–C) groups is 1. The maximum Gasteiger partial charge on any atom is 0.314 e. The van der Waals surface area contributed by atoms with Crippen molar-refractivity contribution < 1.29 is 18.3 Å². The van der Waals surface area contributed by atoms with Gasteiger partial charge in [-0.25, -0.2) is 4.99 Å². The van der Waals surface area contributed by atoms with E-state index in [0.717, 1.165) is 12.8 Å². The number of nitrogens with zero attached hydrogens (tertiary/aromatic N) is 2. The maximum atomic E-state index is 11.8. The second kappa shape index (κ2) is 5.53. The summed E-state index contributed by atoms with van der Waals surface area (Å²) in [4.78, 5) is 17.7. The van der Waals surface area contributed by atoms with Gasteiger partial charge in [0.05, 0.1) is 12.8 Å². The lowest BCUT2D eigenvalue weighted by Gasteiger charge is -2.34. The molecule has 1 saturated carbocycles. The SMILES string of the molecule is CC1(COC2=C(N3CCC(S(=O)[O-])CC3)C=NC2=O)CC1. The summed E-state index contributed by atoms with van der Waals surface area (Å²) in [5.41, 5.74) is 0.910. The molecule has 0 aromatic heterocycles. The Kier molecular flexibility index (Phi) is 3.88. The number of allylic oxidation sites excluding steroid dienone is 1. The first-order valence-corrected chi connectivity index (χ1v) is 8.41. The molecule has 1 atom stereocenters. The molecule has 0 N–H and O–H groups in total. The van der Waals surface area contributed by atoms with Gasteiger partial charge in [0.1, 0.15) is 5.70 Å². The smallest absolute Gasteiger partial charge is 0.314 e. The molecule has 21 heavy (non-hydrogen) atoms. The number of hydrogen-bond acceptors (Lipinski definition) is 5. The maximum absolute atomic E-state index is 11.8. The number of hydrogen-bond donors (Lipinski definition) is 0. The monoisotopic (exact) mass is 311 g/mol. The average molecular weight is 311 g/mol. The van der Waals surface area contributed by atoms with Crippen molar-refractivity contribution in [1.29, 1.82) is 0 Å². The van der Waals surface area contributed by atoms with E-state index in [2.05, 4.69) is 11.9 Å². The van der Waals surface area contributed by atoms with Gasteiger partial charge in [0.25, 0.3) is 0 Å². The zero-order valence-electron chi connectivity index (χ0n) is 12.0. The van der Waals surface area contributed by atoms with Gasteiger partial charge in [0.2, 0.25) is 5.76 Å². The molecule has 0 spiro atoms. The molecule has 116 valence electrons. The van der Waals surface area contributed by atoms with Crippen LogP contribution in [0.25, 0.3) is 0 Å². The third kappa shape index (κ3) is 3.18. The molecular formula is C14H19N2O4S-. The minimum absolute atomic E-state index is 0.202. The molecule has 0 aromatic carbocycles. The Morgan fingerprint density at radius 2 is 2.14 bits per heavy atom. The molecule has 2 fully saturated rings. The van der Waals surface area contributed by atoms with E-state index < -0.39 is 11.1 Å². The number of carbonyl (C=O) groups is 1. The van der Waals surface area contributed by atoms with Gasteiger partial charge in [0, 0.05) is 23.8 Å². The van der Waals surface area contributed by atoms with Gasteiger partial charge in [-0.3, -0.25) is 9.00 Å². The summed E-state index contributed by atoms with van der Waals surface area (Å²) in [6.45, 7) is 3.90. The third-order valence-corrected chi connectivity index (χ3v) is 5.47. The average Bonchev–Trinajstić information content (AvgIpc) is 3.08. The Balaban J connectivity index is 1.66. The van der Waals surface area contributed by atoms with Crippen LogP contribution in [0.15, 0.2) is 16.4 Å². The van der Waals surface area contributed by atoms with Crippen LogP contribution < -0.4 is 0 Å². The van der Waals surface area contributed by atoms with Crippen LogP contribution in [0.2, 0.25) is 0 Å². The second-order valence-electron chi connectivity index (χ2n) is 6.32. The van der Waals surface area contributed by atoms with Gasteiger partial charge in [-0.05, 0) is 25.7 Å². The van der Waals surface area contributed by atoms with Gasteiger partial charge in [0.15, 0.2) is 0 Å². The lowest BCUT2D eigenvalue weighted by molar-refractivity contribution is -0.117. The fraction of sp³-hybridized carbons (Fsp3) is 0.714. The summed E-state index contributed by atoms with van der Waals surface area (Å²) in [7, 11) is 0. The molecule has 2 heterocycles. The standard InChI is InChI=1S/C14H20N2O4S/c1-14(4-5-14)9-20-12-11(8-15-13(12)17)16-6-2-10(3-7-16)21(18)19/h8,10H,2-7,9H2,1H3,(H,18,19)/p-1. The van der Waals surface area contributed by atoms with Crippen LogP contribution in [0.5, 0.6) is 0 Å².